The smallest absolute Gasteiger partial charge is 0.255 e. The van der Waals surface area contributed by atoms with Gasteiger partial charge >= 0.3 is 0 Å². The van der Waals surface area contributed by atoms with Crippen molar-refractivity contribution in [2.45, 2.75) is 32.7 Å². The summed E-state index contributed by atoms with van der Waals surface area (Å²) in [6.45, 7) is 4.68. The molecule has 3 aromatic carbocycles. The van der Waals surface area contributed by atoms with Crippen molar-refractivity contribution in [2.75, 3.05) is 18.4 Å². The predicted octanol–water partition coefficient (Wildman–Crippen LogP) is 5.69. The van der Waals surface area contributed by atoms with E-state index in [4.69, 9.17) is 10.7 Å². The number of fused-ring (bicyclic) bond motifs is 1. The number of hydrogen-bond acceptors (Lipinski definition) is 4. The lowest BCUT2D eigenvalue weighted by atomic mass is 9.93. The van der Waals surface area contributed by atoms with Gasteiger partial charge in [-0.3, -0.25) is 19.5 Å². The third-order valence-corrected chi connectivity index (χ3v) is 7.34. The molecule has 0 atom stereocenters. The van der Waals surface area contributed by atoms with Crippen LogP contribution in [0.2, 0.25) is 0 Å². The molecule has 3 N–H and O–H groups in total. The molecule has 1 aromatic heterocycles. The topological polar surface area (TPSA) is 88.3 Å². The molecule has 6 nitrogen and oxygen atoms in total. The molecule has 4 aromatic rings. The van der Waals surface area contributed by atoms with E-state index < -0.39 is 0 Å². The van der Waals surface area contributed by atoms with Gasteiger partial charge in [-0.25, -0.2) is 4.39 Å². The number of anilines is 1. The minimum atomic E-state index is -0.278. The van der Waals surface area contributed by atoms with Gasteiger partial charge < -0.3 is 11.1 Å². The fraction of sp³-hybridized carbons (Fsp3) is 0.258. The van der Waals surface area contributed by atoms with Crippen LogP contribution in [0.5, 0.6) is 0 Å². The van der Waals surface area contributed by atoms with Crippen molar-refractivity contribution in [3.8, 4) is 11.1 Å². The molecule has 0 saturated carbocycles. The van der Waals surface area contributed by atoms with Crippen LogP contribution < -0.4 is 11.1 Å². The Kier molecular flexibility index (Phi) is 7.47. The average molecular weight is 511 g/mol. The van der Waals surface area contributed by atoms with Crippen LogP contribution in [0.4, 0.5) is 10.1 Å². The number of amides is 2. The first kappa shape index (κ1) is 25.5. The average Bonchev–Trinajstić information content (AvgIpc) is 2.92. The second-order valence-electron chi connectivity index (χ2n) is 10.1. The summed E-state index contributed by atoms with van der Waals surface area (Å²) in [7, 11) is 0. The van der Waals surface area contributed by atoms with Crippen LogP contribution in [0.25, 0.3) is 22.0 Å². The maximum Gasteiger partial charge on any atom is 0.255 e. The monoisotopic (exact) mass is 510 g/mol. The molecule has 0 bridgehead atoms. The van der Waals surface area contributed by atoms with Gasteiger partial charge in [0.1, 0.15) is 5.82 Å². The van der Waals surface area contributed by atoms with Gasteiger partial charge in [0.2, 0.25) is 5.91 Å². The van der Waals surface area contributed by atoms with Crippen molar-refractivity contribution in [1.29, 1.82) is 0 Å². The molecule has 0 radical (unpaired) electrons. The van der Waals surface area contributed by atoms with E-state index in [1.54, 1.807) is 24.3 Å². The van der Waals surface area contributed by atoms with E-state index >= 15 is 0 Å². The lowest BCUT2D eigenvalue weighted by Crippen LogP contribution is -2.34. The summed E-state index contributed by atoms with van der Waals surface area (Å²) >= 11 is 0. The van der Waals surface area contributed by atoms with Crippen molar-refractivity contribution in [3.63, 3.8) is 0 Å². The van der Waals surface area contributed by atoms with Crippen LogP contribution in [0, 0.1) is 18.7 Å². The number of nitrogens with one attached hydrogen (secondary N) is 1. The van der Waals surface area contributed by atoms with Crippen LogP contribution >= 0.6 is 0 Å². The Labute approximate surface area is 221 Å². The number of piperidine rings is 1. The maximum absolute atomic E-state index is 13.2. The second-order valence-corrected chi connectivity index (χ2v) is 10.1. The second kappa shape index (κ2) is 11.1. The standard InChI is InChI=1S/C31H31FN4O2/c1-20-28(35-31(38)25-4-2-23(3-5-25)24-6-9-27(32)10-7-24)11-8-26-16-22(18-34-30(20)26)19-36-14-12-21(13-15-36)17-29(33)37/h2-11,16,18,21H,12-15,17,19H2,1H3,(H2,33,37)(H,35,38). The number of likely N-dealkylation sites (tertiary alicyclic amines) is 1. The number of rotatable bonds is 7. The van der Waals surface area contributed by atoms with E-state index in [2.05, 4.69) is 16.3 Å². The summed E-state index contributed by atoms with van der Waals surface area (Å²) in [6.07, 6.45) is 4.36. The third kappa shape index (κ3) is 5.89. The van der Waals surface area contributed by atoms with Crippen LogP contribution in [-0.4, -0.2) is 34.8 Å². The Morgan fingerprint density at radius 2 is 1.66 bits per heavy atom. The van der Waals surface area contributed by atoms with Gasteiger partial charge in [0.05, 0.1) is 5.52 Å². The van der Waals surface area contributed by atoms with E-state index in [0.29, 0.717) is 17.9 Å². The summed E-state index contributed by atoms with van der Waals surface area (Å²) in [5.41, 5.74) is 11.3. The number of benzene rings is 3. The third-order valence-electron chi connectivity index (χ3n) is 7.34. The highest BCUT2D eigenvalue weighted by Crippen LogP contribution is 2.27. The molecular weight excluding hydrogens is 479 g/mol. The van der Waals surface area contributed by atoms with E-state index in [1.165, 1.54) is 12.1 Å². The first-order valence-electron chi connectivity index (χ1n) is 12.9. The Balaban J connectivity index is 1.24. The molecule has 1 fully saturated rings. The molecule has 2 heterocycles. The van der Waals surface area contributed by atoms with Crippen molar-refractivity contribution in [1.82, 2.24) is 9.88 Å². The molecular formula is C31H31FN4O2. The van der Waals surface area contributed by atoms with Crippen molar-refractivity contribution in [2.24, 2.45) is 11.7 Å². The molecule has 194 valence electrons. The number of nitrogens with two attached hydrogens (primary N) is 1. The van der Waals surface area contributed by atoms with Crippen molar-refractivity contribution < 1.29 is 14.0 Å². The number of carbonyl (C=O) groups excluding carboxylic acids is 2. The molecule has 2 amide bonds. The minimum Gasteiger partial charge on any atom is -0.370 e. The summed E-state index contributed by atoms with van der Waals surface area (Å²) < 4.78 is 13.2. The number of carbonyl (C=O) groups is 2. The van der Waals surface area contributed by atoms with Crippen LogP contribution in [0.15, 0.2) is 72.9 Å². The lowest BCUT2D eigenvalue weighted by molar-refractivity contribution is -0.119. The fourth-order valence-corrected chi connectivity index (χ4v) is 5.16. The molecule has 0 aliphatic carbocycles. The van der Waals surface area contributed by atoms with Crippen LogP contribution in [0.1, 0.15) is 40.7 Å². The van der Waals surface area contributed by atoms with Crippen LogP contribution in [0.3, 0.4) is 0 Å². The number of nitrogens with zero attached hydrogens (tertiary/aromatic N) is 2. The van der Waals surface area contributed by atoms with Gasteiger partial charge in [0.15, 0.2) is 0 Å². The minimum absolute atomic E-state index is 0.200. The fourth-order valence-electron chi connectivity index (χ4n) is 5.16. The highest BCUT2D eigenvalue weighted by atomic mass is 19.1. The summed E-state index contributed by atoms with van der Waals surface area (Å²) in [4.78, 5) is 31.2. The Hall–Kier alpha value is -4.10. The van der Waals surface area contributed by atoms with Gasteiger partial charge in [0.25, 0.3) is 5.91 Å². The molecule has 0 spiro atoms. The Morgan fingerprint density at radius 3 is 2.32 bits per heavy atom. The van der Waals surface area contributed by atoms with E-state index in [9.17, 15) is 14.0 Å². The van der Waals surface area contributed by atoms with Crippen molar-refractivity contribution in [3.05, 3.63) is 95.4 Å². The highest BCUT2D eigenvalue weighted by molar-refractivity contribution is 6.06. The van der Waals surface area contributed by atoms with Gasteiger partial charge in [0, 0.05) is 35.8 Å². The quantitative estimate of drug-likeness (QED) is 0.334. The molecule has 1 aliphatic rings. The zero-order chi connectivity index (χ0) is 26.6. The molecule has 1 saturated heterocycles. The SMILES string of the molecule is Cc1c(NC(=O)c2ccc(-c3ccc(F)cc3)cc2)ccc2cc(CN3CCC(CC(N)=O)CC3)cnc12. The van der Waals surface area contributed by atoms with Gasteiger partial charge in [-0.2, -0.15) is 0 Å². The number of aromatic nitrogens is 1. The zero-order valence-corrected chi connectivity index (χ0v) is 21.4. The van der Waals surface area contributed by atoms with E-state index in [1.807, 2.05) is 37.4 Å². The van der Waals surface area contributed by atoms with E-state index in [0.717, 1.165) is 71.3 Å². The predicted molar refractivity (Wildman–Crippen MR) is 148 cm³/mol. The zero-order valence-electron chi connectivity index (χ0n) is 21.4. The Bertz CT molecular complexity index is 1460. The summed E-state index contributed by atoms with van der Waals surface area (Å²) in [6, 6.07) is 19.6. The van der Waals surface area contributed by atoms with Crippen LogP contribution in [-0.2, 0) is 11.3 Å². The largest absolute Gasteiger partial charge is 0.370 e. The first-order valence-corrected chi connectivity index (χ1v) is 12.9. The Morgan fingerprint density at radius 1 is 1.00 bits per heavy atom. The molecule has 7 heteroatoms. The number of primary amides is 1. The van der Waals surface area contributed by atoms with Gasteiger partial charge in [-0.1, -0.05) is 30.3 Å². The number of aryl methyl sites for hydroxylation is 1. The summed E-state index contributed by atoms with van der Waals surface area (Å²) in [5.74, 6) is -0.301. The molecule has 5 rings (SSSR count). The van der Waals surface area contributed by atoms with Gasteiger partial charge in [-0.05, 0) is 97.4 Å². The first-order chi connectivity index (χ1) is 18.4. The maximum atomic E-state index is 13.2. The normalized spacial score (nSPS) is 14.5. The lowest BCUT2D eigenvalue weighted by Gasteiger charge is -2.31. The highest BCUT2D eigenvalue weighted by Gasteiger charge is 2.21. The number of halogens is 1. The molecule has 1 aliphatic heterocycles. The van der Waals surface area contributed by atoms with Gasteiger partial charge in [-0.15, -0.1) is 0 Å². The number of pyridine rings is 1. The van der Waals surface area contributed by atoms with E-state index in [-0.39, 0.29) is 17.6 Å². The molecule has 0 unspecified atom stereocenters. The molecule has 38 heavy (non-hydrogen) atoms. The van der Waals surface area contributed by atoms with Crippen molar-refractivity contribution >= 4 is 28.4 Å². The number of hydrogen-bond donors (Lipinski definition) is 2. The summed E-state index contributed by atoms with van der Waals surface area (Å²) in [5, 5.41) is 4.05.